The van der Waals surface area contributed by atoms with Crippen LogP contribution in [0.1, 0.15) is 24.4 Å². The first-order chi connectivity index (χ1) is 15.7. The highest BCUT2D eigenvalue weighted by Crippen LogP contribution is 2.38. The topological polar surface area (TPSA) is 90.3 Å². The Morgan fingerprint density at radius 1 is 1.22 bits per heavy atom. The Balaban J connectivity index is 1.44. The second kappa shape index (κ2) is 9.22. The van der Waals surface area contributed by atoms with E-state index in [2.05, 4.69) is 20.9 Å². The number of carbonyl (C=O) groups is 1. The number of rotatable bonds is 6. The number of methoxy groups -OCH3 is 1. The van der Waals surface area contributed by atoms with Gasteiger partial charge in [-0.15, -0.1) is 10.2 Å². The van der Waals surface area contributed by atoms with Gasteiger partial charge in [0.05, 0.1) is 19.3 Å². The Morgan fingerprint density at radius 3 is 2.75 bits per heavy atom. The molecule has 9 heteroatoms. The van der Waals surface area contributed by atoms with E-state index in [1.54, 1.807) is 7.11 Å². The van der Waals surface area contributed by atoms with E-state index in [0.717, 1.165) is 36.3 Å². The van der Waals surface area contributed by atoms with Crippen molar-refractivity contribution in [3.63, 3.8) is 0 Å². The van der Waals surface area contributed by atoms with Gasteiger partial charge in [0.25, 0.3) is 0 Å². The Bertz CT molecular complexity index is 1070. The number of carbonyl (C=O) groups excluding carboxylic acids is 1. The van der Waals surface area contributed by atoms with Gasteiger partial charge >= 0.3 is 0 Å². The lowest BCUT2D eigenvalue weighted by Crippen LogP contribution is -2.45. The molecule has 8 nitrogen and oxygen atoms in total. The van der Waals surface area contributed by atoms with Crippen molar-refractivity contribution in [2.45, 2.75) is 35.4 Å². The van der Waals surface area contributed by atoms with Gasteiger partial charge in [-0.25, -0.2) is 4.68 Å². The maximum Gasteiger partial charge on any atom is 0.236 e. The molecule has 3 atom stereocenters. The van der Waals surface area contributed by atoms with Crippen LogP contribution in [0.15, 0.2) is 59.8 Å². The van der Waals surface area contributed by atoms with Crippen LogP contribution in [0, 0.1) is 0 Å². The first-order valence-corrected chi connectivity index (χ1v) is 11.6. The van der Waals surface area contributed by atoms with Crippen LogP contribution in [0.5, 0.6) is 5.75 Å². The Labute approximate surface area is 190 Å². The van der Waals surface area contributed by atoms with E-state index in [-0.39, 0.29) is 18.1 Å². The molecule has 3 heterocycles. The molecule has 1 fully saturated rings. The number of nitrogens with zero attached hydrogens (tertiary/aromatic N) is 3. The highest BCUT2D eigenvalue weighted by Gasteiger charge is 2.38. The highest BCUT2D eigenvalue weighted by molar-refractivity contribution is 8.00. The summed E-state index contributed by atoms with van der Waals surface area (Å²) in [5.41, 5.74) is 5.43. The van der Waals surface area contributed by atoms with E-state index in [9.17, 15) is 4.79 Å². The van der Waals surface area contributed by atoms with Gasteiger partial charge < -0.3 is 20.2 Å². The number of benzene rings is 2. The molecule has 1 saturated heterocycles. The smallest absolute Gasteiger partial charge is 0.236 e. The van der Waals surface area contributed by atoms with Gasteiger partial charge in [-0.2, -0.15) is 0 Å². The van der Waals surface area contributed by atoms with E-state index in [4.69, 9.17) is 9.47 Å². The summed E-state index contributed by atoms with van der Waals surface area (Å²) >= 11 is 1.42. The molecule has 2 N–H and O–H groups in total. The molecule has 166 valence electrons. The van der Waals surface area contributed by atoms with Gasteiger partial charge in [0.1, 0.15) is 11.0 Å². The normalized spacial score (nSPS) is 22.1. The molecule has 2 aliphatic rings. The summed E-state index contributed by atoms with van der Waals surface area (Å²) in [6.07, 6.45) is 2.11. The number of hydrogen-bond donors (Lipinski definition) is 2. The fraction of sp³-hybridized carbons (Fsp3) is 0.348. The van der Waals surface area contributed by atoms with Crippen LogP contribution in [-0.2, 0) is 9.53 Å². The molecule has 2 aromatic carbocycles. The van der Waals surface area contributed by atoms with E-state index in [0.29, 0.717) is 17.5 Å². The van der Waals surface area contributed by atoms with E-state index < -0.39 is 5.25 Å². The number of fused-ring (bicyclic) bond motifs is 1. The number of hydrogen-bond acceptors (Lipinski definition) is 7. The summed E-state index contributed by atoms with van der Waals surface area (Å²) in [6, 6.07) is 17.4. The van der Waals surface area contributed by atoms with Crippen LogP contribution in [0.2, 0.25) is 0 Å². The average molecular weight is 452 g/mol. The highest BCUT2D eigenvalue weighted by atomic mass is 32.2. The number of thioether (sulfide) groups is 1. The minimum atomic E-state index is -0.412. The quantitative estimate of drug-likeness (QED) is 0.595. The van der Waals surface area contributed by atoms with E-state index >= 15 is 0 Å². The van der Waals surface area contributed by atoms with Gasteiger partial charge in [-0.3, -0.25) is 4.79 Å². The third-order valence-electron chi connectivity index (χ3n) is 5.73. The number of ether oxygens (including phenoxy) is 2. The third kappa shape index (κ3) is 4.18. The molecular weight excluding hydrogens is 426 g/mol. The molecule has 0 radical (unpaired) electrons. The molecule has 0 unspecified atom stereocenters. The molecule has 0 spiro atoms. The standard InChI is InChI=1S/C23H25N5O3S/c1-30-17-11-9-15(10-12-17)19-20(22(29)24-14-18-8-5-13-31-18)32-23-26-25-21(28(23)27-19)16-6-3-2-4-7-16/h2-4,6-7,9-12,18-20,27H,5,8,13-14H2,1H3,(H,24,29)/t18-,19-,20+/m0/s1. The Morgan fingerprint density at radius 2 is 2.03 bits per heavy atom. The van der Waals surface area contributed by atoms with Crippen molar-refractivity contribution in [1.82, 2.24) is 20.2 Å². The van der Waals surface area contributed by atoms with Crippen LogP contribution in [-0.4, -0.2) is 52.4 Å². The van der Waals surface area contributed by atoms with Gasteiger partial charge in [0.15, 0.2) is 5.82 Å². The summed E-state index contributed by atoms with van der Waals surface area (Å²) in [5.74, 6) is 1.44. The van der Waals surface area contributed by atoms with Crippen molar-refractivity contribution in [2.24, 2.45) is 0 Å². The van der Waals surface area contributed by atoms with Crippen LogP contribution in [0.4, 0.5) is 0 Å². The predicted molar refractivity (Wildman–Crippen MR) is 122 cm³/mol. The second-order valence-corrected chi connectivity index (χ2v) is 8.91. The largest absolute Gasteiger partial charge is 0.497 e. The fourth-order valence-electron chi connectivity index (χ4n) is 4.01. The van der Waals surface area contributed by atoms with Crippen molar-refractivity contribution in [1.29, 1.82) is 0 Å². The summed E-state index contributed by atoms with van der Waals surface area (Å²) in [6.45, 7) is 1.29. The molecule has 1 amide bonds. The SMILES string of the molecule is COc1ccc([C@@H]2Nn3c(nnc3-c3ccccc3)S[C@H]2C(=O)NC[C@@H]2CCCO2)cc1. The lowest BCUT2D eigenvalue weighted by atomic mass is 10.0. The monoisotopic (exact) mass is 451 g/mol. The van der Waals surface area contributed by atoms with Gasteiger partial charge in [-0.1, -0.05) is 54.2 Å². The maximum absolute atomic E-state index is 13.2. The molecule has 1 aromatic heterocycles. The van der Waals surface area contributed by atoms with Crippen molar-refractivity contribution in [3.8, 4) is 17.1 Å². The first kappa shape index (κ1) is 20.8. The van der Waals surface area contributed by atoms with Gasteiger partial charge in [0, 0.05) is 18.7 Å². The summed E-state index contributed by atoms with van der Waals surface area (Å²) in [7, 11) is 1.64. The van der Waals surface area contributed by atoms with Crippen molar-refractivity contribution in [2.75, 3.05) is 25.7 Å². The zero-order valence-electron chi connectivity index (χ0n) is 17.7. The molecule has 2 aliphatic heterocycles. The summed E-state index contributed by atoms with van der Waals surface area (Å²) < 4.78 is 12.8. The Hall–Kier alpha value is -3.04. The minimum Gasteiger partial charge on any atom is -0.497 e. The van der Waals surface area contributed by atoms with Crippen LogP contribution < -0.4 is 15.5 Å². The van der Waals surface area contributed by atoms with Crippen LogP contribution in [0.3, 0.4) is 0 Å². The molecular formula is C23H25N5O3S. The van der Waals surface area contributed by atoms with Gasteiger partial charge in [-0.05, 0) is 30.5 Å². The summed E-state index contributed by atoms with van der Waals surface area (Å²) in [5, 5.41) is 12.1. The third-order valence-corrected chi connectivity index (χ3v) is 6.95. The molecule has 3 aromatic rings. The maximum atomic E-state index is 13.2. The molecule has 5 rings (SSSR count). The number of aromatic nitrogens is 3. The van der Waals surface area contributed by atoms with E-state index in [1.807, 2.05) is 59.3 Å². The Kier molecular flexibility index (Phi) is 6.00. The molecule has 32 heavy (non-hydrogen) atoms. The lowest BCUT2D eigenvalue weighted by molar-refractivity contribution is -0.121. The number of nitrogens with one attached hydrogen (secondary N) is 2. The van der Waals surface area contributed by atoms with Crippen molar-refractivity contribution >= 4 is 17.7 Å². The average Bonchev–Trinajstić information content (AvgIpc) is 3.52. The van der Waals surface area contributed by atoms with Crippen LogP contribution in [0.25, 0.3) is 11.4 Å². The number of amides is 1. The lowest BCUT2D eigenvalue weighted by Gasteiger charge is -2.33. The molecule has 0 aliphatic carbocycles. The van der Waals surface area contributed by atoms with E-state index in [1.165, 1.54) is 11.8 Å². The zero-order valence-corrected chi connectivity index (χ0v) is 18.5. The fourth-order valence-corrected chi connectivity index (χ4v) is 5.12. The van der Waals surface area contributed by atoms with Gasteiger partial charge in [0.2, 0.25) is 11.1 Å². The minimum absolute atomic E-state index is 0.0469. The summed E-state index contributed by atoms with van der Waals surface area (Å²) in [4.78, 5) is 13.2. The predicted octanol–water partition coefficient (Wildman–Crippen LogP) is 3.01. The van der Waals surface area contributed by atoms with Crippen molar-refractivity contribution < 1.29 is 14.3 Å². The molecule has 0 bridgehead atoms. The first-order valence-electron chi connectivity index (χ1n) is 10.7. The second-order valence-electron chi connectivity index (χ2n) is 7.81. The zero-order chi connectivity index (χ0) is 21.9. The van der Waals surface area contributed by atoms with Crippen molar-refractivity contribution in [3.05, 3.63) is 60.2 Å². The molecule has 0 saturated carbocycles. The van der Waals surface area contributed by atoms with Crippen LogP contribution >= 0.6 is 11.8 Å².